The normalized spacial score (nSPS) is 19.1. The predicted octanol–water partition coefficient (Wildman–Crippen LogP) is 2.10. The highest BCUT2D eigenvalue weighted by Gasteiger charge is 2.42. The van der Waals surface area contributed by atoms with E-state index in [1.807, 2.05) is 0 Å². The van der Waals surface area contributed by atoms with Gasteiger partial charge in [-0.3, -0.25) is 4.79 Å². The molecule has 3 rings (SSSR count). The molecular formula is C18H20O9. The van der Waals surface area contributed by atoms with Gasteiger partial charge in [0.1, 0.15) is 22.8 Å². The van der Waals surface area contributed by atoms with Crippen molar-refractivity contribution in [3.8, 4) is 17.2 Å². The summed E-state index contributed by atoms with van der Waals surface area (Å²) in [6, 6.07) is 1.23. The fourth-order valence-electron chi connectivity index (χ4n) is 3.30. The van der Waals surface area contributed by atoms with Crippen LogP contribution >= 0.6 is 0 Å². The fourth-order valence-corrected chi connectivity index (χ4v) is 3.30. The number of aliphatic hydroxyl groups is 1. The number of phenolic OH excluding ortho intramolecular Hbond substituents is 1. The van der Waals surface area contributed by atoms with Crippen LogP contribution in [-0.2, 0) is 14.2 Å². The van der Waals surface area contributed by atoms with Crippen molar-refractivity contribution in [1.29, 1.82) is 0 Å². The Hall–Kier alpha value is -2.91. The summed E-state index contributed by atoms with van der Waals surface area (Å²) in [7, 11) is 6.82. The van der Waals surface area contributed by atoms with Crippen molar-refractivity contribution in [2.75, 3.05) is 35.5 Å². The van der Waals surface area contributed by atoms with E-state index < -0.39 is 23.4 Å². The lowest BCUT2D eigenvalue weighted by Crippen LogP contribution is -2.33. The molecule has 2 unspecified atom stereocenters. The van der Waals surface area contributed by atoms with E-state index in [0.717, 1.165) is 0 Å². The minimum absolute atomic E-state index is 0.00128. The number of benzene rings is 1. The molecule has 1 aliphatic rings. The zero-order valence-electron chi connectivity index (χ0n) is 15.5. The first kappa shape index (κ1) is 18.9. The highest BCUT2D eigenvalue weighted by atomic mass is 16.6. The molecule has 0 radical (unpaired) electrons. The van der Waals surface area contributed by atoms with Crippen LogP contribution in [0, 0.1) is 0 Å². The molecule has 0 saturated carbocycles. The summed E-state index contributed by atoms with van der Waals surface area (Å²) in [4.78, 5) is 13.2. The first-order valence-electron chi connectivity index (χ1n) is 7.92. The van der Waals surface area contributed by atoms with Crippen molar-refractivity contribution in [3.63, 3.8) is 0 Å². The summed E-state index contributed by atoms with van der Waals surface area (Å²) in [5, 5.41) is 20.8. The molecule has 146 valence electrons. The van der Waals surface area contributed by atoms with Crippen molar-refractivity contribution in [3.05, 3.63) is 33.4 Å². The van der Waals surface area contributed by atoms with Crippen LogP contribution in [-0.4, -0.2) is 51.9 Å². The van der Waals surface area contributed by atoms with Gasteiger partial charge in [-0.15, -0.1) is 0 Å². The van der Waals surface area contributed by atoms with Gasteiger partial charge in [-0.05, 0) is 0 Å². The number of aromatic hydroxyl groups is 1. The minimum atomic E-state index is -0.883. The van der Waals surface area contributed by atoms with Crippen molar-refractivity contribution >= 4 is 16.7 Å². The van der Waals surface area contributed by atoms with Crippen molar-refractivity contribution < 1.29 is 38.3 Å². The molecule has 0 aliphatic heterocycles. The Morgan fingerprint density at radius 3 is 2.15 bits per heavy atom. The van der Waals surface area contributed by atoms with E-state index in [2.05, 4.69) is 0 Å². The third-order valence-electron chi connectivity index (χ3n) is 4.51. The van der Waals surface area contributed by atoms with Crippen LogP contribution < -0.4 is 14.9 Å². The highest BCUT2D eigenvalue weighted by Crippen LogP contribution is 2.45. The topological polar surface area (TPSA) is 117 Å². The Bertz CT molecular complexity index is 973. The number of fused-ring (bicyclic) bond motifs is 2. The molecule has 1 aliphatic carbocycles. The summed E-state index contributed by atoms with van der Waals surface area (Å²) in [5.74, 6) is -0.614. The van der Waals surface area contributed by atoms with E-state index in [4.69, 9.17) is 28.1 Å². The predicted molar refractivity (Wildman–Crippen MR) is 94.4 cm³/mol. The molecule has 0 spiro atoms. The van der Waals surface area contributed by atoms with Crippen LogP contribution in [0.15, 0.2) is 21.0 Å². The van der Waals surface area contributed by atoms with Crippen molar-refractivity contribution in [2.24, 2.45) is 0 Å². The molecular weight excluding hydrogens is 360 g/mol. The largest absolute Gasteiger partial charge is 0.504 e. The van der Waals surface area contributed by atoms with Gasteiger partial charge in [-0.1, -0.05) is 0 Å². The quantitative estimate of drug-likeness (QED) is 0.804. The molecule has 0 amide bonds. The number of hydrogen-bond donors (Lipinski definition) is 2. The molecule has 1 aromatic heterocycles. The molecule has 2 atom stereocenters. The number of hydrogen-bond acceptors (Lipinski definition) is 9. The van der Waals surface area contributed by atoms with E-state index in [0.29, 0.717) is 0 Å². The van der Waals surface area contributed by atoms with Crippen LogP contribution in [0.4, 0.5) is 0 Å². The second-order valence-electron chi connectivity index (χ2n) is 5.74. The van der Waals surface area contributed by atoms with Gasteiger partial charge in [0.2, 0.25) is 11.2 Å². The SMILES string of the molecule is COC1=C(O)c2c(oc3c(OC)c(O)cc(OC)c3c2=O)C(OC)C1OC. The van der Waals surface area contributed by atoms with Gasteiger partial charge in [0.05, 0.1) is 21.3 Å². The third-order valence-corrected chi connectivity index (χ3v) is 4.51. The highest BCUT2D eigenvalue weighted by molar-refractivity contribution is 5.93. The van der Waals surface area contributed by atoms with E-state index in [-0.39, 0.29) is 45.3 Å². The summed E-state index contributed by atoms with van der Waals surface area (Å²) < 4.78 is 32.3. The minimum Gasteiger partial charge on any atom is -0.504 e. The first-order chi connectivity index (χ1) is 12.9. The van der Waals surface area contributed by atoms with Crippen LogP contribution in [0.5, 0.6) is 17.2 Å². The van der Waals surface area contributed by atoms with Gasteiger partial charge in [0.25, 0.3) is 0 Å². The maximum Gasteiger partial charge on any atom is 0.208 e. The number of ether oxygens (including phenoxy) is 5. The van der Waals surface area contributed by atoms with Gasteiger partial charge < -0.3 is 38.3 Å². The van der Waals surface area contributed by atoms with Crippen LogP contribution in [0.25, 0.3) is 16.7 Å². The zero-order chi connectivity index (χ0) is 19.9. The van der Waals surface area contributed by atoms with E-state index in [1.54, 1.807) is 0 Å². The van der Waals surface area contributed by atoms with E-state index >= 15 is 0 Å². The molecule has 27 heavy (non-hydrogen) atoms. The maximum absolute atomic E-state index is 13.2. The summed E-state index contributed by atoms with van der Waals surface area (Å²) >= 11 is 0. The number of rotatable bonds is 5. The third kappa shape index (κ3) is 2.58. The zero-order valence-corrected chi connectivity index (χ0v) is 15.5. The Morgan fingerprint density at radius 1 is 0.963 bits per heavy atom. The Balaban J connectivity index is 2.52. The summed E-state index contributed by atoms with van der Waals surface area (Å²) in [6.45, 7) is 0. The smallest absolute Gasteiger partial charge is 0.208 e. The molecule has 0 fully saturated rings. The lowest BCUT2D eigenvalue weighted by Gasteiger charge is -2.31. The number of aliphatic hydroxyl groups excluding tert-OH is 1. The van der Waals surface area contributed by atoms with Gasteiger partial charge in [0, 0.05) is 20.3 Å². The van der Waals surface area contributed by atoms with Crippen LogP contribution in [0.2, 0.25) is 0 Å². The van der Waals surface area contributed by atoms with Gasteiger partial charge in [-0.25, -0.2) is 0 Å². The van der Waals surface area contributed by atoms with Crippen molar-refractivity contribution in [1.82, 2.24) is 0 Å². The maximum atomic E-state index is 13.2. The summed E-state index contributed by atoms with van der Waals surface area (Å²) in [6.07, 6.45) is -1.73. The number of phenols is 1. The Morgan fingerprint density at radius 2 is 1.63 bits per heavy atom. The fraction of sp³-hybridized carbons (Fsp3) is 0.389. The first-order valence-corrected chi connectivity index (χ1v) is 7.92. The molecule has 1 aromatic carbocycles. The van der Waals surface area contributed by atoms with Gasteiger partial charge in [0.15, 0.2) is 34.7 Å². The molecule has 2 aromatic rings. The molecule has 2 N–H and O–H groups in total. The van der Waals surface area contributed by atoms with E-state index in [9.17, 15) is 15.0 Å². The van der Waals surface area contributed by atoms with Crippen LogP contribution in [0.3, 0.4) is 0 Å². The molecule has 1 heterocycles. The molecule has 0 saturated heterocycles. The van der Waals surface area contributed by atoms with Gasteiger partial charge >= 0.3 is 0 Å². The van der Waals surface area contributed by atoms with Crippen molar-refractivity contribution in [2.45, 2.75) is 12.2 Å². The second-order valence-corrected chi connectivity index (χ2v) is 5.74. The Kier molecular flexibility index (Phi) is 4.90. The second kappa shape index (κ2) is 7.01. The number of methoxy groups -OCH3 is 5. The molecule has 9 nitrogen and oxygen atoms in total. The monoisotopic (exact) mass is 380 g/mol. The average Bonchev–Trinajstić information content (AvgIpc) is 2.66. The summed E-state index contributed by atoms with van der Waals surface area (Å²) in [5.41, 5.74) is -0.765. The molecule has 9 heteroatoms. The Labute approximate surface area is 154 Å². The lowest BCUT2D eigenvalue weighted by molar-refractivity contribution is -0.0541. The average molecular weight is 380 g/mol. The van der Waals surface area contributed by atoms with Crippen LogP contribution in [0.1, 0.15) is 17.4 Å². The standard InChI is InChI=1S/C18H20O9/c1-22-8-6-7(19)13(23-2)14-9(8)11(20)10-12(21)16(24-3)18(26-5)17(25-4)15(10)27-14/h6,17-19,21H,1-5H3. The molecule has 0 bridgehead atoms. The van der Waals surface area contributed by atoms with E-state index in [1.165, 1.54) is 41.6 Å². The lowest BCUT2D eigenvalue weighted by atomic mass is 9.93. The van der Waals surface area contributed by atoms with Gasteiger partial charge in [-0.2, -0.15) is 0 Å².